The van der Waals surface area contributed by atoms with Gasteiger partial charge in [0, 0.05) is 31.3 Å². The predicted molar refractivity (Wildman–Crippen MR) is 72.7 cm³/mol. The van der Waals surface area contributed by atoms with E-state index in [1.165, 1.54) is 0 Å². The van der Waals surface area contributed by atoms with Crippen molar-refractivity contribution in [2.45, 2.75) is 40.2 Å². The highest BCUT2D eigenvalue weighted by molar-refractivity contribution is 5.24. The highest BCUT2D eigenvalue weighted by Crippen LogP contribution is 2.13. The molecule has 0 aromatic carbocycles. The van der Waals surface area contributed by atoms with Crippen LogP contribution in [0, 0.1) is 12.8 Å². The lowest BCUT2D eigenvalue weighted by molar-refractivity contribution is 0.469. The minimum Gasteiger partial charge on any atom is -0.408 e. The van der Waals surface area contributed by atoms with Gasteiger partial charge in [0.05, 0.1) is 6.20 Å². The summed E-state index contributed by atoms with van der Waals surface area (Å²) in [6.45, 7) is 7.04. The molecule has 0 unspecified atom stereocenters. The molecule has 2 aromatic rings. The molecule has 0 aliphatic heterocycles. The van der Waals surface area contributed by atoms with Crippen molar-refractivity contribution < 1.29 is 4.42 Å². The first-order chi connectivity index (χ1) is 9.06. The minimum atomic E-state index is 0.474. The fourth-order valence-electron chi connectivity index (χ4n) is 1.73. The third-order valence-corrected chi connectivity index (χ3v) is 3.17. The van der Waals surface area contributed by atoms with E-state index in [9.17, 15) is 0 Å². The van der Waals surface area contributed by atoms with Crippen molar-refractivity contribution in [3.63, 3.8) is 0 Å². The summed E-state index contributed by atoms with van der Waals surface area (Å²) in [5.41, 5.74) is 2.26. The summed E-state index contributed by atoms with van der Waals surface area (Å²) in [6, 6.07) is 0.474. The SMILES string of the molecule is Cc1c(CNc2nnc(CCC(C)C)o2)cnn1C. The van der Waals surface area contributed by atoms with Crippen molar-refractivity contribution in [1.82, 2.24) is 20.0 Å². The second-order valence-electron chi connectivity index (χ2n) is 5.17. The van der Waals surface area contributed by atoms with E-state index in [4.69, 9.17) is 4.42 Å². The number of anilines is 1. The Morgan fingerprint density at radius 1 is 1.37 bits per heavy atom. The predicted octanol–water partition coefficient (Wildman–Crippen LogP) is 2.31. The monoisotopic (exact) mass is 263 g/mol. The van der Waals surface area contributed by atoms with Crippen LogP contribution in [0.4, 0.5) is 6.01 Å². The summed E-state index contributed by atoms with van der Waals surface area (Å²) in [5.74, 6) is 1.33. The van der Waals surface area contributed by atoms with Gasteiger partial charge in [0.15, 0.2) is 0 Å². The van der Waals surface area contributed by atoms with Crippen molar-refractivity contribution >= 4 is 6.01 Å². The molecule has 2 heterocycles. The molecule has 104 valence electrons. The number of aromatic nitrogens is 4. The van der Waals surface area contributed by atoms with Gasteiger partial charge in [0.2, 0.25) is 5.89 Å². The van der Waals surface area contributed by atoms with Crippen molar-refractivity contribution in [3.8, 4) is 0 Å². The molecule has 0 aliphatic rings. The van der Waals surface area contributed by atoms with E-state index in [1.807, 2.05) is 24.9 Å². The van der Waals surface area contributed by atoms with Crippen LogP contribution in [0.15, 0.2) is 10.6 Å². The Labute approximate surface area is 113 Å². The highest BCUT2D eigenvalue weighted by Gasteiger charge is 2.08. The molecule has 0 fully saturated rings. The first-order valence-electron chi connectivity index (χ1n) is 6.60. The quantitative estimate of drug-likeness (QED) is 0.866. The van der Waals surface area contributed by atoms with Crippen molar-refractivity contribution in [2.24, 2.45) is 13.0 Å². The summed E-state index contributed by atoms with van der Waals surface area (Å²) in [4.78, 5) is 0. The fourth-order valence-corrected chi connectivity index (χ4v) is 1.73. The molecule has 19 heavy (non-hydrogen) atoms. The summed E-state index contributed by atoms with van der Waals surface area (Å²) >= 11 is 0. The summed E-state index contributed by atoms with van der Waals surface area (Å²) in [7, 11) is 1.93. The van der Waals surface area contributed by atoms with Gasteiger partial charge in [-0.3, -0.25) is 4.68 Å². The molecule has 0 radical (unpaired) electrons. The van der Waals surface area contributed by atoms with E-state index in [0.29, 0.717) is 24.4 Å². The molecule has 0 spiro atoms. The lowest BCUT2D eigenvalue weighted by Crippen LogP contribution is -2.01. The Morgan fingerprint density at radius 2 is 2.16 bits per heavy atom. The van der Waals surface area contributed by atoms with E-state index in [-0.39, 0.29) is 0 Å². The van der Waals surface area contributed by atoms with Gasteiger partial charge in [-0.05, 0) is 19.3 Å². The van der Waals surface area contributed by atoms with Crippen LogP contribution in [0.5, 0.6) is 0 Å². The van der Waals surface area contributed by atoms with Crippen LogP contribution in [0.25, 0.3) is 0 Å². The van der Waals surface area contributed by atoms with Crippen molar-refractivity contribution in [1.29, 1.82) is 0 Å². The molecular formula is C13H21N5O. The normalized spacial score (nSPS) is 11.2. The molecular weight excluding hydrogens is 242 g/mol. The number of hydrogen-bond donors (Lipinski definition) is 1. The zero-order valence-electron chi connectivity index (χ0n) is 12.0. The van der Waals surface area contributed by atoms with Gasteiger partial charge >= 0.3 is 6.01 Å². The molecule has 0 saturated heterocycles. The highest BCUT2D eigenvalue weighted by atomic mass is 16.4. The Kier molecular flexibility index (Phi) is 4.19. The molecule has 1 N–H and O–H groups in total. The summed E-state index contributed by atoms with van der Waals surface area (Å²) < 4.78 is 7.39. The molecule has 0 atom stereocenters. The molecule has 6 nitrogen and oxygen atoms in total. The second-order valence-corrected chi connectivity index (χ2v) is 5.17. The summed E-state index contributed by atoms with van der Waals surface area (Å²) in [6.07, 6.45) is 3.74. The fraction of sp³-hybridized carbons (Fsp3) is 0.615. The van der Waals surface area contributed by atoms with Crippen LogP contribution in [0.2, 0.25) is 0 Å². The maximum absolute atomic E-state index is 5.54. The van der Waals surface area contributed by atoms with Crippen LogP contribution in [0.3, 0.4) is 0 Å². The first-order valence-corrected chi connectivity index (χ1v) is 6.60. The van der Waals surface area contributed by atoms with Crippen LogP contribution in [0.1, 0.15) is 37.4 Å². The topological polar surface area (TPSA) is 68.8 Å². The van der Waals surface area contributed by atoms with Gasteiger partial charge in [-0.1, -0.05) is 18.9 Å². The van der Waals surface area contributed by atoms with E-state index in [0.717, 1.165) is 24.1 Å². The average molecular weight is 263 g/mol. The zero-order chi connectivity index (χ0) is 13.8. The Morgan fingerprint density at radius 3 is 2.79 bits per heavy atom. The molecule has 2 rings (SSSR count). The maximum Gasteiger partial charge on any atom is 0.315 e. The van der Waals surface area contributed by atoms with E-state index < -0.39 is 0 Å². The first kappa shape index (κ1) is 13.6. The number of nitrogens with one attached hydrogen (secondary N) is 1. The lowest BCUT2D eigenvalue weighted by atomic mass is 10.1. The zero-order valence-corrected chi connectivity index (χ0v) is 12.0. The Bertz CT molecular complexity index is 529. The maximum atomic E-state index is 5.54. The van der Waals surface area contributed by atoms with Gasteiger partial charge in [0.25, 0.3) is 0 Å². The molecule has 0 amide bonds. The number of hydrogen-bond acceptors (Lipinski definition) is 5. The van der Waals surface area contributed by atoms with Crippen LogP contribution in [-0.4, -0.2) is 20.0 Å². The molecule has 0 bridgehead atoms. The van der Waals surface area contributed by atoms with Gasteiger partial charge in [-0.2, -0.15) is 5.10 Å². The third kappa shape index (κ3) is 3.56. The lowest BCUT2D eigenvalue weighted by Gasteiger charge is -2.01. The largest absolute Gasteiger partial charge is 0.408 e. The van der Waals surface area contributed by atoms with Gasteiger partial charge in [-0.25, -0.2) is 0 Å². The minimum absolute atomic E-state index is 0.474. The molecule has 2 aromatic heterocycles. The van der Waals surface area contributed by atoms with Crippen LogP contribution >= 0.6 is 0 Å². The van der Waals surface area contributed by atoms with E-state index in [2.05, 4.69) is 34.5 Å². The third-order valence-electron chi connectivity index (χ3n) is 3.17. The van der Waals surface area contributed by atoms with Gasteiger partial charge in [-0.15, -0.1) is 5.10 Å². The van der Waals surface area contributed by atoms with Gasteiger partial charge < -0.3 is 9.73 Å². The molecule has 0 saturated carbocycles. The number of rotatable bonds is 6. The average Bonchev–Trinajstić information content (AvgIpc) is 2.94. The number of nitrogens with zero attached hydrogens (tertiary/aromatic N) is 4. The standard InChI is InChI=1S/C13H21N5O/c1-9(2)5-6-12-16-17-13(19-12)14-7-11-8-15-18(4)10(11)3/h8-9H,5-7H2,1-4H3,(H,14,17). The Balaban J connectivity index is 1.88. The molecule has 0 aliphatic carbocycles. The smallest absolute Gasteiger partial charge is 0.315 e. The summed E-state index contributed by atoms with van der Waals surface area (Å²) in [5, 5.41) is 15.3. The molecule has 6 heteroatoms. The van der Waals surface area contributed by atoms with Crippen molar-refractivity contribution in [3.05, 3.63) is 23.3 Å². The van der Waals surface area contributed by atoms with Gasteiger partial charge in [0.1, 0.15) is 0 Å². The van der Waals surface area contributed by atoms with Crippen molar-refractivity contribution in [2.75, 3.05) is 5.32 Å². The van der Waals surface area contributed by atoms with E-state index in [1.54, 1.807) is 0 Å². The van der Waals surface area contributed by atoms with Crippen LogP contribution in [-0.2, 0) is 20.0 Å². The van der Waals surface area contributed by atoms with Crippen LogP contribution < -0.4 is 5.32 Å². The number of aryl methyl sites for hydroxylation is 2. The second kappa shape index (κ2) is 5.86. The van der Waals surface area contributed by atoms with E-state index >= 15 is 0 Å². The Hall–Kier alpha value is -1.85.